The number of ether oxygens (including phenoxy) is 4. The highest BCUT2D eigenvalue weighted by Gasteiger charge is 2.76. The van der Waals surface area contributed by atoms with Crippen LogP contribution in [0.5, 0.6) is 0 Å². The number of fused-ring (bicyclic) bond motifs is 7. The first-order valence-electron chi connectivity index (χ1n) is 25.9. The number of hydrogen-bond donors (Lipinski definition) is 4. The van der Waals surface area contributed by atoms with Gasteiger partial charge in [-0.2, -0.15) is 0 Å². The van der Waals surface area contributed by atoms with Gasteiger partial charge in [0.15, 0.2) is 23.2 Å². The van der Waals surface area contributed by atoms with Crippen molar-refractivity contribution in [3.63, 3.8) is 0 Å². The molecule has 6 aliphatic rings. The molecule has 396 valence electrons. The Morgan fingerprint density at radius 3 is 2.31 bits per heavy atom. The molecule has 11 atom stereocenters. The number of allylic oxidation sites excluding steroid dienone is 5. The number of hydrogen-bond acceptors (Lipinski definition) is 14. The van der Waals surface area contributed by atoms with Crippen LogP contribution < -0.4 is 10.1 Å². The highest BCUT2D eigenvalue weighted by atomic mass is 28.3. The summed E-state index contributed by atoms with van der Waals surface area (Å²) in [4.78, 5) is 72.4. The van der Waals surface area contributed by atoms with Crippen LogP contribution in [0.1, 0.15) is 86.7 Å². The molecule has 0 amide bonds. The number of esters is 3. The summed E-state index contributed by atoms with van der Waals surface area (Å²) in [7, 11) is 4.04. The number of rotatable bonds is 14. The zero-order chi connectivity index (χ0) is 53.9. The van der Waals surface area contributed by atoms with Gasteiger partial charge in [0.25, 0.3) is 0 Å². The van der Waals surface area contributed by atoms with Crippen LogP contribution in [0, 0.1) is 11.3 Å². The molecule has 1 saturated heterocycles. The Bertz CT molecular complexity index is 2960. The lowest BCUT2D eigenvalue weighted by molar-refractivity contribution is -0.462. The van der Waals surface area contributed by atoms with Gasteiger partial charge in [0.2, 0.25) is 0 Å². The lowest BCUT2D eigenvalue weighted by Crippen LogP contribution is -2.80. The fourth-order valence-electron chi connectivity index (χ4n) is 12.7. The zero-order valence-corrected chi connectivity index (χ0v) is 44.9. The van der Waals surface area contributed by atoms with Crippen molar-refractivity contribution < 1.29 is 67.9 Å². The van der Waals surface area contributed by atoms with E-state index in [1.54, 1.807) is 48.5 Å². The molecule has 4 aliphatic carbocycles. The molecule has 15 nitrogen and oxygen atoms in total. The average Bonchev–Trinajstić information content (AvgIpc) is 3.38. The molecule has 2 bridgehead atoms. The van der Waals surface area contributed by atoms with Gasteiger partial charge in [-0.15, -0.1) is 0 Å². The Labute approximate surface area is 438 Å². The molecule has 3 fully saturated rings. The van der Waals surface area contributed by atoms with Crippen LogP contribution in [0.15, 0.2) is 119 Å². The van der Waals surface area contributed by atoms with Gasteiger partial charge in [-0.05, 0) is 94.9 Å². The molecule has 3 aromatic rings. The number of nitrogens with zero attached hydrogens (tertiary/aromatic N) is 2. The molecule has 9 rings (SSSR count). The van der Waals surface area contributed by atoms with E-state index in [0.29, 0.717) is 18.5 Å². The maximum atomic E-state index is 14.9. The third kappa shape index (κ3) is 9.63. The topological polar surface area (TPSA) is 209 Å². The van der Waals surface area contributed by atoms with Gasteiger partial charge in [0, 0.05) is 76.4 Å². The largest absolute Gasteiger partial charge is 0.456 e. The second-order valence-electron chi connectivity index (χ2n) is 22.4. The fraction of sp³-hybridized carbons (Fsp3) is 0.458. The van der Waals surface area contributed by atoms with Crippen LogP contribution >= 0.6 is 0 Å². The monoisotopic (exact) mass is 1040 g/mol. The lowest BCUT2D eigenvalue weighted by Gasteiger charge is -2.65. The maximum Gasteiger partial charge on any atom is 0.338 e. The van der Waals surface area contributed by atoms with Gasteiger partial charge in [0.05, 0.1) is 29.6 Å². The normalized spacial score (nSPS) is 30.0. The summed E-state index contributed by atoms with van der Waals surface area (Å²) in [5.74, 6) is -6.35. The van der Waals surface area contributed by atoms with Crippen LogP contribution in [-0.2, 0) is 38.1 Å². The van der Waals surface area contributed by atoms with Gasteiger partial charge < -0.3 is 44.3 Å². The fourth-order valence-corrected chi connectivity index (χ4v) is 15.8. The number of carbonyl (C=O) groups excluding carboxylic acids is 5. The Morgan fingerprint density at radius 2 is 1.65 bits per heavy atom. The zero-order valence-electron chi connectivity index (χ0n) is 43.9. The molecule has 3 aromatic carbocycles. The van der Waals surface area contributed by atoms with Crippen molar-refractivity contribution in [2.75, 3.05) is 39.2 Å². The first-order valence-corrected chi connectivity index (χ1v) is 28.9. The third-order valence-electron chi connectivity index (χ3n) is 17.1. The van der Waals surface area contributed by atoms with Gasteiger partial charge in [-0.3, -0.25) is 14.4 Å². The maximum absolute atomic E-state index is 14.9. The first-order chi connectivity index (χ1) is 35.5. The van der Waals surface area contributed by atoms with Crippen molar-refractivity contribution in [3.8, 4) is 0 Å². The summed E-state index contributed by atoms with van der Waals surface area (Å²) in [5, 5.41) is 51.8. The van der Waals surface area contributed by atoms with E-state index < -0.39 is 110 Å². The van der Waals surface area contributed by atoms with Crippen LogP contribution in [0.2, 0.25) is 13.1 Å². The number of aliphatic hydroxyl groups is 4. The van der Waals surface area contributed by atoms with E-state index in [0.717, 1.165) is 5.69 Å². The van der Waals surface area contributed by atoms with E-state index in [1.807, 2.05) is 7.05 Å². The van der Waals surface area contributed by atoms with Crippen molar-refractivity contribution in [2.45, 2.75) is 126 Å². The Kier molecular flexibility index (Phi) is 14.6. The average molecular weight is 1040 g/mol. The minimum Gasteiger partial charge on any atom is -0.456 e. The summed E-state index contributed by atoms with van der Waals surface area (Å²) in [5.41, 5.74) is -0.428. The van der Waals surface area contributed by atoms with Gasteiger partial charge in [-0.25, -0.2) is 14.2 Å². The molecular formula is C59H69N2O13Si+. The molecule has 2 saturated carbocycles. The van der Waals surface area contributed by atoms with Crippen molar-refractivity contribution in [1.29, 1.82) is 0 Å². The van der Waals surface area contributed by atoms with E-state index in [1.165, 1.54) is 60.1 Å². The quantitative estimate of drug-likeness (QED) is 0.0547. The molecule has 2 heterocycles. The summed E-state index contributed by atoms with van der Waals surface area (Å²) < 4.78 is 26.4. The molecule has 0 spiro atoms. The Hall–Kier alpha value is -6.14. The van der Waals surface area contributed by atoms with Crippen molar-refractivity contribution in [2.24, 2.45) is 11.3 Å². The SMILES string of the molecule is CC(=O)OC12COC1CC(O)C1(C)C(=O)C(O)C3=C(C)C(OC(=O)C(O)C(CC(=O)CCCN(C)c4ccc5c(c4)[Si](C)(C)C4=CC(=[N+](C)C)C=CC4=C5)c4ccccc4)CC(O)(C3)C(OC(=O)c3ccccc3)C21. The van der Waals surface area contributed by atoms with Crippen LogP contribution in [-0.4, -0.2) is 150 Å². The van der Waals surface area contributed by atoms with E-state index in [4.69, 9.17) is 18.9 Å². The summed E-state index contributed by atoms with van der Waals surface area (Å²) in [6.07, 6.45) is -1.12. The van der Waals surface area contributed by atoms with Crippen LogP contribution in [0.4, 0.5) is 5.69 Å². The number of carbonyl (C=O) groups is 5. The van der Waals surface area contributed by atoms with E-state index >= 15 is 0 Å². The van der Waals surface area contributed by atoms with Crippen LogP contribution in [0.25, 0.3) is 6.08 Å². The highest BCUT2D eigenvalue weighted by Crippen LogP contribution is 2.61. The van der Waals surface area contributed by atoms with Crippen molar-refractivity contribution in [1.82, 2.24) is 0 Å². The number of ketones is 2. The van der Waals surface area contributed by atoms with Gasteiger partial charge >= 0.3 is 17.9 Å². The number of anilines is 1. The van der Waals surface area contributed by atoms with Gasteiger partial charge in [0.1, 0.15) is 58.0 Å². The van der Waals surface area contributed by atoms with Crippen LogP contribution in [0.3, 0.4) is 0 Å². The Morgan fingerprint density at radius 1 is 0.960 bits per heavy atom. The standard InChI is InChI=1S/C59H69N2O13Si/c1-34-44-31-58(70,54(73-55(68)37-18-13-10-14-19-37)52-57(3,53(67)50(44)65)48(64)30-49-59(52,33-71-49)74-35(2)62)32-45(34)72-56(69)51(66)43(36-16-11-9-12-17-36)29-42(63)20-15-25-61(6)41-24-22-39-26-38-21-23-40(60(4)5)27-46(38)75(7,8)47(39)28-41/h9-14,16-19,21-24,26-28,43,45,48-52,54,64-66,70H,15,20,25,29-33H2,1-8H3/q+1. The second-order valence-corrected chi connectivity index (χ2v) is 26.7. The molecule has 4 N–H and O–H groups in total. The molecular weight excluding hydrogens is 973 g/mol. The molecule has 16 heteroatoms. The van der Waals surface area contributed by atoms with Crippen molar-refractivity contribution >= 4 is 60.2 Å². The van der Waals surface area contributed by atoms with E-state index in [-0.39, 0.29) is 48.4 Å². The molecule has 0 aromatic heterocycles. The predicted octanol–water partition coefficient (Wildman–Crippen LogP) is 5.08. The van der Waals surface area contributed by atoms with Gasteiger partial charge in [-0.1, -0.05) is 67.7 Å². The van der Waals surface area contributed by atoms with E-state index in [2.05, 4.69) is 79.2 Å². The third-order valence-corrected chi connectivity index (χ3v) is 20.7. The molecule has 2 aliphatic heterocycles. The first kappa shape index (κ1) is 53.7. The number of Topliss-reactive ketones (excluding diaryl/α,β-unsaturated/α-hetero) is 2. The second kappa shape index (κ2) is 20.4. The summed E-state index contributed by atoms with van der Waals surface area (Å²) >= 11 is 0. The predicted molar refractivity (Wildman–Crippen MR) is 283 cm³/mol. The van der Waals surface area contributed by atoms with E-state index in [9.17, 15) is 44.4 Å². The minimum atomic E-state index is -2.24. The summed E-state index contributed by atoms with van der Waals surface area (Å²) in [6.45, 7) is 9.18. The lowest BCUT2D eigenvalue weighted by atomic mass is 9.48. The molecule has 75 heavy (non-hydrogen) atoms. The minimum absolute atomic E-state index is 0.0228. The Balaban J connectivity index is 0.948. The molecule has 11 unspecified atom stereocenters. The van der Waals surface area contributed by atoms with Crippen molar-refractivity contribution in [3.05, 3.63) is 136 Å². The smallest absolute Gasteiger partial charge is 0.338 e. The summed E-state index contributed by atoms with van der Waals surface area (Å²) in [6, 6.07) is 23.2. The highest BCUT2D eigenvalue weighted by molar-refractivity contribution is 6.97. The molecule has 0 radical (unpaired) electrons. The number of benzene rings is 3. The number of aliphatic hydroxyl groups excluding tert-OH is 3.